The number of nitrogens with one attached hydrogen (secondary N) is 2. The van der Waals surface area contributed by atoms with Gasteiger partial charge in [0, 0.05) is 29.6 Å². The van der Waals surface area contributed by atoms with Crippen LogP contribution in [0.2, 0.25) is 5.02 Å². The Hall–Kier alpha value is -2.53. The van der Waals surface area contributed by atoms with Crippen molar-refractivity contribution in [3.05, 3.63) is 58.1 Å². The minimum atomic E-state index is -0.406. The minimum absolute atomic E-state index is 0.0137. The molecule has 2 N–H and O–H groups in total. The Morgan fingerprint density at radius 2 is 1.80 bits per heavy atom. The van der Waals surface area contributed by atoms with Crippen molar-refractivity contribution in [2.24, 2.45) is 0 Å². The number of carbonyl (C=O) groups is 2. The van der Waals surface area contributed by atoms with Crippen molar-refractivity contribution in [2.75, 3.05) is 19.0 Å². The molecule has 5 nitrogen and oxygen atoms in total. The van der Waals surface area contributed by atoms with Gasteiger partial charge in [-0.25, -0.2) is 4.79 Å². The zero-order chi connectivity index (χ0) is 18.4. The third kappa shape index (κ3) is 5.22. The summed E-state index contributed by atoms with van der Waals surface area (Å²) in [5, 5.41) is 5.94. The molecule has 0 unspecified atom stereocenters. The number of urea groups is 1. The van der Waals surface area contributed by atoms with E-state index in [1.165, 1.54) is 7.11 Å². The van der Waals surface area contributed by atoms with Gasteiger partial charge in [-0.15, -0.1) is 0 Å². The van der Waals surface area contributed by atoms with Crippen molar-refractivity contribution >= 4 is 29.1 Å². The zero-order valence-electron chi connectivity index (χ0n) is 14.5. The molecule has 2 rings (SSSR count). The largest absolute Gasteiger partial charge is 0.495 e. The van der Waals surface area contributed by atoms with Gasteiger partial charge in [0.05, 0.1) is 12.8 Å². The fourth-order valence-electron chi connectivity index (χ4n) is 2.27. The highest BCUT2D eigenvalue weighted by Crippen LogP contribution is 2.30. The van der Waals surface area contributed by atoms with E-state index in [-0.39, 0.29) is 18.7 Å². The Balaban J connectivity index is 1.88. The highest BCUT2D eigenvalue weighted by molar-refractivity contribution is 6.31. The number of benzene rings is 2. The SMILES string of the molecule is COc1cc(Cl)c(C)cc1NC(=O)NCCC(=O)c1ccc(C)cc1. The maximum Gasteiger partial charge on any atom is 0.319 e. The van der Waals surface area contributed by atoms with Gasteiger partial charge in [0.2, 0.25) is 0 Å². The van der Waals surface area contributed by atoms with Gasteiger partial charge in [-0.05, 0) is 25.5 Å². The molecule has 2 amide bonds. The molecule has 2 aromatic carbocycles. The molecule has 0 atom stereocenters. The first-order valence-corrected chi connectivity index (χ1v) is 8.27. The number of ether oxygens (including phenoxy) is 1. The van der Waals surface area contributed by atoms with Gasteiger partial charge in [0.15, 0.2) is 5.78 Å². The topological polar surface area (TPSA) is 67.4 Å². The average Bonchev–Trinajstić information content (AvgIpc) is 2.58. The lowest BCUT2D eigenvalue weighted by Gasteiger charge is -2.13. The molecule has 0 radical (unpaired) electrons. The van der Waals surface area contributed by atoms with Crippen LogP contribution in [0, 0.1) is 13.8 Å². The third-order valence-corrected chi connectivity index (χ3v) is 4.15. The lowest BCUT2D eigenvalue weighted by atomic mass is 10.1. The average molecular weight is 361 g/mol. The second-order valence-electron chi connectivity index (χ2n) is 5.72. The van der Waals surface area contributed by atoms with Crippen molar-refractivity contribution in [3.8, 4) is 5.75 Å². The minimum Gasteiger partial charge on any atom is -0.495 e. The summed E-state index contributed by atoms with van der Waals surface area (Å²) < 4.78 is 5.21. The molecular formula is C19H21ClN2O3. The monoisotopic (exact) mass is 360 g/mol. The standard InChI is InChI=1S/C19H21ClN2O3/c1-12-4-6-14(7-5-12)17(23)8-9-21-19(24)22-16-10-13(2)15(20)11-18(16)25-3/h4-7,10-11H,8-9H2,1-3H3,(H2,21,22,24). The van der Waals surface area contributed by atoms with Crippen LogP contribution in [-0.4, -0.2) is 25.5 Å². The van der Waals surface area contributed by atoms with Crippen molar-refractivity contribution in [2.45, 2.75) is 20.3 Å². The summed E-state index contributed by atoms with van der Waals surface area (Å²) in [7, 11) is 1.50. The van der Waals surface area contributed by atoms with Gasteiger partial charge in [-0.3, -0.25) is 4.79 Å². The number of carbonyl (C=O) groups excluding carboxylic acids is 2. The van der Waals surface area contributed by atoms with Crippen LogP contribution in [0.5, 0.6) is 5.75 Å². The molecule has 25 heavy (non-hydrogen) atoms. The van der Waals surface area contributed by atoms with Crippen LogP contribution in [0.25, 0.3) is 0 Å². The number of Topliss-reactive ketones (excluding diaryl/α,β-unsaturated/α-hetero) is 1. The number of methoxy groups -OCH3 is 1. The fourth-order valence-corrected chi connectivity index (χ4v) is 2.42. The zero-order valence-corrected chi connectivity index (χ0v) is 15.2. The number of anilines is 1. The van der Waals surface area contributed by atoms with Crippen molar-refractivity contribution in [1.29, 1.82) is 0 Å². The van der Waals surface area contributed by atoms with Gasteiger partial charge in [-0.1, -0.05) is 41.4 Å². The first-order valence-electron chi connectivity index (χ1n) is 7.89. The van der Waals surface area contributed by atoms with E-state index in [1.807, 2.05) is 26.0 Å². The molecular weight excluding hydrogens is 340 g/mol. The molecule has 0 spiro atoms. The lowest BCUT2D eigenvalue weighted by Crippen LogP contribution is -2.30. The van der Waals surface area contributed by atoms with Crippen molar-refractivity contribution < 1.29 is 14.3 Å². The summed E-state index contributed by atoms with van der Waals surface area (Å²) in [5.41, 5.74) is 3.09. The number of rotatable bonds is 6. The summed E-state index contributed by atoms with van der Waals surface area (Å²) in [6, 6.07) is 10.3. The first-order chi connectivity index (χ1) is 11.9. The van der Waals surface area contributed by atoms with Gasteiger partial charge < -0.3 is 15.4 Å². The third-order valence-electron chi connectivity index (χ3n) is 3.74. The summed E-state index contributed by atoms with van der Waals surface area (Å²) in [5.74, 6) is 0.460. The number of halogens is 1. The predicted molar refractivity (Wildman–Crippen MR) is 99.9 cm³/mol. The molecule has 0 aliphatic carbocycles. The molecule has 0 heterocycles. The highest BCUT2D eigenvalue weighted by atomic mass is 35.5. The smallest absolute Gasteiger partial charge is 0.319 e. The molecule has 132 valence electrons. The Kier molecular flexibility index (Phi) is 6.42. The van der Waals surface area contributed by atoms with E-state index in [0.29, 0.717) is 22.0 Å². The summed E-state index contributed by atoms with van der Waals surface area (Å²) in [4.78, 5) is 24.1. The molecule has 0 aliphatic heterocycles. The molecule has 0 bridgehead atoms. The number of ketones is 1. The summed E-state index contributed by atoms with van der Waals surface area (Å²) in [6.07, 6.45) is 0.229. The van der Waals surface area contributed by atoms with E-state index in [4.69, 9.17) is 16.3 Å². The maximum absolute atomic E-state index is 12.1. The molecule has 0 saturated carbocycles. The van der Waals surface area contributed by atoms with E-state index in [0.717, 1.165) is 11.1 Å². The van der Waals surface area contributed by atoms with Gasteiger partial charge in [0.25, 0.3) is 0 Å². The van der Waals surface area contributed by atoms with E-state index >= 15 is 0 Å². The summed E-state index contributed by atoms with van der Waals surface area (Å²) >= 11 is 6.04. The second kappa shape index (κ2) is 8.53. The molecule has 6 heteroatoms. The van der Waals surface area contributed by atoms with E-state index < -0.39 is 6.03 Å². The number of hydrogen-bond acceptors (Lipinski definition) is 3. The van der Waals surface area contributed by atoms with Gasteiger partial charge >= 0.3 is 6.03 Å². The van der Waals surface area contributed by atoms with Crippen molar-refractivity contribution in [3.63, 3.8) is 0 Å². The van der Waals surface area contributed by atoms with E-state index in [9.17, 15) is 9.59 Å². The maximum atomic E-state index is 12.1. The van der Waals surface area contributed by atoms with Crippen LogP contribution in [0.15, 0.2) is 36.4 Å². The first kappa shape index (κ1) is 18.8. The number of aryl methyl sites for hydroxylation is 2. The second-order valence-corrected chi connectivity index (χ2v) is 6.13. The van der Waals surface area contributed by atoms with Gasteiger partial charge in [-0.2, -0.15) is 0 Å². The molecule has 0 aliphatic rings. The molecule has 0 aromatic heterocycles. The fraction of sp³-hybridized carbons (Fsp3) is 0.263. The van der Waals surface area contributed by atoms with Gasteiger partial charge in [0.1, 0.15) is 5.75 Å². The summed E-state index contributed by atoms with van der Waals surface area (Å²) in [6.45, 7) is 4.05. The quantitative estimate of drug-likeness (QED) is 0.752. The van der Waals surface area contributed by atoms with Crippen molar-refractivity contribution in [1.82, 2.24) is 5.32 Å². The van der Waals surface area contributed by atoms with E-state index in [2.05, 4.69) is 10.6 Å². The Morgan fingerprint density at radius 3 is 2.44 bits per heavy atom. The normalized spacial score (nSPS) is 10.2. The predicted octanol–water partition coefficient (Wildman–Crippen LogP) is 4.36. The van der Waals surface area contributed by atoms with Crippen LogP contribution >= 0.6 is 11.6 Å². The molecule has 0 saturated heterocycles. The Bertz CT molecular complexity index is 773. The van der Waals surface area contributed by atoms with Crippen LogP contribution in [-0.2, 0) is 0 Å². The highest BCUT2D eigenvalue weighted by Gasteiger charge is 2.11. The Morgan fingerprint density at radius 1 is 1.12 bits per heavy atom. The lowest BCUT2D eigenvalue weighted by molar-refractivity contribution is 0.0983. The van der Waals surface area contributed by atoms with Crippen LogP contribution in [0.3, 0.4) is 0 Å². The number of amides is 2. The van der Waals surface area contributed by atoms with Crippen LogP contribution in [0.1, 0.15) is 27.9 Å². The molecule has 0 fully saturated rings. The Labute approximate surface area is 152 Å². The van der Waals surface area contributed by atoms with E-state index in [1.54, 1.807) is 24.3 Å². The van der Waals surface area contributed by atoms with Crippen LogP contribution < -0.4 is 15.4 Å². The number of hydrogen-bond donors (Lipinski definition) is 2. The molecule has 2 aromatic rings. The van der Waals surface area contributed by atoms with Crippen LogP contribution in [0.4, 0.5) is 10.5 Å².